The summed E-state index contributed by atoms with van der Waals surface area (Å²) in [6.07, 6.45) is 1.14. The van der Waals surface area contributed by atoms with Gasteiger partial charge in [-0.25, -0.2) is 0 Å². The Morgan fingerprint density at radius 3 is 2.89 bits per heavy atom. The summed E-state index contributed by atoms with van der Waals surface area (Å²) in [6, 6.07) is 0.582. The van der Waals surface area contributed by atoms with Crippen molar-refractivity contribution in [3.8, 4) is 0 Å². The highest BCUT2D eigenvalue weighted by atomic mass is 16.5. The van der Waals surface area contributed by atoms with Gasteiger partial charge in [0, 0.05) is 27.2 Å². The molecule has 104 valence electrons. The van der Waals surface area contributed by atoms with E-state index in [0.29, 0.717) is 31.0 Å². The number of rotatable bonds is 9. The number of aromatic nitrogens is 2. The normalized spacial score (nSPS) is 12.7. The Morgan fingerprint density at radius 1 is 1.44 bits per heavy atom. The minimum atomic E-state index is 0.577. The number of anilines is 1. The minimum absolute atomic E-state index is 0.577. The highest BCUT2D eigenvalue weighted by Crippen LogP contribution is 2.13. The first kappa shape index (κ1) is 14.9. The molecule has 1 heterocycles. The number of methoxy groups -OCH3 is 1. The van der Waals surface area contributed by atoms with Gasteiger partial charge in [-0.1, -0.05) is 25.4 Å². The van der Waals surface area contributed by atoms with E-state index in [4.69, 9.17) is 9.15 Å². The molecule has 1 N–H and O–H groups in total. The molecule has 0 aromatic carbocycles. The van der Waals surface area contributed by atoms with E-state index in [-0.39, 0.29) is 0 Å². The van der Waals surface area contributed by atoms with Gasteiger partial charge in [-0.15, -0.1) is 5.10 Å². The first-order valence-electron chi connectivity index (χ1n) is 6.40. The third-order valence-electron chi connectivity index (χ3n) is 2.82. The van der Waals surface area contributed by atoms with Gasteiger partial charge in [-0.3, -0.25) is 0 Å². The van der Waals surface area contributed by atoms with Gasteiger partial charge in [0.1, 0.15) is 0 Å². The van der Waals surface area contributed by atoms with Gasteiger partial charge in [0.15, 0.2) is 0 Å². The molecule has 0 fully saturated rings. The summed E-state index contributed by atoms with van der Waals surface area (Å²) in [4.78, 5) is 2.00. The van der Waals surface area contributed by atoms with Crippen LogP contribution in [0.5, 0.6) is 0 Å². The van der Waals surface area contributed by atoms with Crippen molar-refractivity contribution in [3.63, 3.8) is 0 Å². The second-order valence-corrected chi connectivity index (χ2v) is 4.54. The van der Waals surface area contributed by atoms with E-state index < -0.39 is 0 Å². The van der Waals surface area contributed by atoms with Gasteiger partial charge in [-0.05, 0) is 5.92 Å². The van der Waals surface area contributed by atoms with Crippen LogP contribution in [0.2, 0.25) is 0 Å². The van der Waals surface area contributed by atoms with Crippen LogP contribution in [0.25, 0.3) is 0 Å². The molecule has 0 radical (unpaired) electrons. The van der Waals surface area contributed by atoms with E-state index in [9.17, 15) is 0 Å². The lowest BCUT2D eigenvalue weighted by Crippen LogP contribution is -2.23. The Kier molecular flexibility index (Phi) is 6.67. The average Bonchev–Trinajstić information content (AvgIpc) is 2.83. The van der Waals surface area contributed by atoms with Crippen molar-refractivity contribution in [2.24, 2.45) is 5.92 Å². The van der Waals surface area contributed by atoms with Crippen molar-refractivity contribution >= 4 is 6.01 Å². The molecule has 0 aliphatic heterocycles. The summed E-state index contributed by atoms with van der Waals surface area (Å²) in [6.45, 7) is 7.34. The number of nitrogens with zero attached hydrogens (tertiary/aromatic N) is 3. The van der Waals surface area contributed by atoms with E-state index >= 15 is 0 Å². The minimum Gasteiger partial charge on any atom is -0.407 e. The zero-order valence-electron chi connectivity index (χ0n) is 11.8. The van der Waals surface area contributed by atoms with E-state index in [1.54, 1.807) is 7.11 Å². The molecule has 6 nitrogen and oxygen atoms in total. The Labute approximate surface area is 109 Å². The van der Waals surface area contributed by atoms with Crippen molar-refractivity contribution in [3.05, 3.63) is 5.89 Å². The van der Waals surface area contributed by atoms with Gasteiger partial charge in [-0.2, -0.15) is 0 Å². The Balaban J connectivity index is 2.37. The van der Waals surface area contributed by atoms with Crippen LogP contribution in [-0.4, -0.2) is 44.1 Å². The summed E-state index contributed by atoms with van der Waals surface area (Å²) < 4.78 is 10.5. The fourth-order valence-corrected chi connectivity index (χ4v) is 1.51. The molecule has 0 saturated heterocycles. The van der Waals surface area contributed by atoms with E-state index in [2.05, 4.69) is 29.4 Å². The molecule has 1 rings (SSSR count). The number of hydrogen-bond acceptors (Lipinski definition) is 6. The largest absolute Gasteiger partial charge is 0.407 e. The second kappa shape index (κ2) is 8.05. The summed E-state index contributed by atoms with van der Waals surface area (Å²) in [7, 11) is 3.65. The van der Waals surface area contributed by atoms with Gasteiger partial charge < -0.3 is 19.4 Å². The van der Waals surface area contributed by atoms with Crippen LogP contribution in [0.4, 0.5) is 6.01 Å². The number of ether oxygens (including phenoxy) is 1. The lowest BCUT2D eigenvalue weighted by Gasteiger charge is -2.17. The quantitative estimate of drug-likeness (QED) is 0.672. The summed E-state index contributed by atoms with van der Waals surface area (Å²) in [5, 5.41) is 11.2. The Hall–Kier alpha value is -1.14. The predicted molar refractivity (Wildman–Crippen MR) is 70.6 cm³/mol. The van der Waals surface area contributed by atoms with Crippen LogP contribution in [-0.2, 0) is 11.3 Å². The molecule has 0 amide bonds. The van der Waals surface area contributed by atoms with Crippen LogP contribution in [0.15, 0.2) is 4.42 Å². The Morgan fingerprint density at radius 2 is 2.22 bits per heavy atom. The van der Waals surface area contributed by atoms with Gasteiger partial charge in [0.2, 0.25) is 5.89 Å². The van der Waals surface area contributed by atoms with E-state index in [1.807, 2.05) is 11.9 Å². The van der Waals surface area contributed by atoms with Gasteiger partial charge >= 0.3 is 6.01 Å². The monoisotopic (exact) mass is 256 g/mol. The first-order chi connectivity index (χ1) is 8.67. The smallest absolute Gasteiger partial charge is 0.317 e. The third-order valence-corrected chi connectivity index (χ3v) is 2.82. The molecule has 6 heteroatoms. The van der Waals surface area contributed by atoms with Crippen LogP contribution in [0, 0.1) is 5.92 Å². The fourth-order valence-electron chi connectivity index (χ4n) is 1.51. The zero-order valence-corrected chi connectivity index (χ0v) is 11.8. The predicted octanol–water partition coefficient (Wildman–Crippen LogP) is 1.29. The van der Waals surface area contributed by atoms with Crippen LogP contribution >= 0.6 is 0 Å². The molecule has 1 unspecified atom stereocenters. The van der Waals surface area contributed by atoms with E-state index in [1.165, 1.54) is 0 Å². The average molecular weight is 256 g/mol. The number of nitrogens with one attached hydrogen (secondary N) is 1. The summed E-state index contributed by atoms with van der Waals surface area (Å²) >= 11 is 0. The molecule has 18 heavy (non-hydrogen) atoms. The lowest BCUT2D eigenvalue weighted by atomic mass is 10.1. The van der Waals surface area contributed by atoms with Crippen molar-refractivity contribution in [1.29, 1.82) is 0 Å². The first-order valence-corrected chi connectivity index (χ1v) is 6.40. The maximum absolute atomic E-state index is 5.57. The molecule has 0 spiro atoms. The van der Waals surface area contributed by atoms with Crippen LogP contribution in [0.3, 0.4) is 0 Å². The fraction of sp³-hybridized carbons (Fsp3) is 0.833. The van der Waals surface area contributed by atoms with Gasteiger partial charge in [0.05, 0.1) is 13.2 Å². The summed E-state index contributed by atoms with van der Waals surface area (Å²) in [5.74, 6) is 1.22. The van der Waals surface area contributed by atoms with Crippen molar-refractivity contribution < 1.29 is 9.15 Å². The maximum Gasteiger partial charge on any atom is 0.317 e. The topological polar surface area (TPSA) is 63.4 Å². The molecule has 1 aromatic heterocycles. The van der Waals surface area contributed by atoms with Crippen LogP contribution in [0.1, 0.15) is 26.2 Å². The molecule has 0 aliphatic rings. The highest BCUT2D eigenvalue weighted by Gasteiger charge is 2.12. The van der Waals surface area contributed by atoms with Crippen molar-refractivity contribution in [1.82, 2.24) is 15.5 Å². The SMILES string of the molecule is CCC(C)CN(C)c1nnc(CNCCOC)o1. The Bertz CT molecular complexity index is 330. The summed E-state index contributed by atoms with van der Waals surface area (Å²) in [5.41, 5.74) is 0. The highest BCUT2D eigenvalue weighted by molar-refractivity contribution is 5.21. The van der Waals surface area contributed by atoms with Crippen molar-refractivity contribution in [2.75, 3.05) is 38.8 Å². The lowest BCUT2D eigenvalue weighted by molar-refractivity contribution is 0.198. The molecule has 0 saturated carbocycles. The molecule has 1 aromatic rings. The second-order valence-electron chi connectivity index (χ2n) is 4.54. The molecular formula is C12H24N4O2. The zero-order chi connectivity index (χ0) is 13.4. The van der Waals surface area contributed by atoms with Crippen LogP contribution < -0.4 is 10.2 Å². The van der Waals surface area contributed by atoms with E-state index in [0.717, 1.165) is 19.5 Å². The molecule has 1 atom stereocenters. The molecular weight excluding hydrogens is 232 g/mol. The molecule has 0 aliphatic carbocycles. The standard InChI is InChI=1S/C12H24N4O2/c1-5-10(2)9-16(3)12-15-14-11(18-12)8-13-6-7-17-4/h10,13H,5-9H2,1-4H3. The van der Waals surface area contributed by atoms with Gasteiger partial charge in [0.25, 0.3) is 0 Å². The number of hydrogen-bond donors (Lipinski definition) is 1. The molecule has 0 bridgehead atoms. The maximum atomic E-state index is 5.57. The van der Waals surface area contributed by atoms with Crippen molar-refractivity contribution in [2.45, 2.75) is 26.8 Å². The third kappa shape index (κ3) is 5.01.